The van der Waals surface area contributed by atoms with Crippen LogP contribution in [0.25, 0.3) is 16.3 Å². The Kier molecular flexibility index (Phi) is 9.21. The molecule has 0 saturated heterocycles. The third-order valence-corrected chi connectivity index (χ3v) is 6.82. The van der Waals surface area contributed by atoms with Gasteiger partial charge in [-0.25, -0.2) is 4.98 Å². The van der Waals surface area contributed by atoms with Crippen LogP contribution in [-0.2, 0) is 11.0 Å². The Bertz CT molecular complexity index is 1630. The van der Waals surface area contributed by atoms with Gasteiger partial charge in [-0.1, -0.05) is 23.5 Å². The lowest BCUT2D eigenvalue weighted by molar-refractivity contribution is -0.137. The predicted octanol–water partition coefficient (Wildman–Crippen LogP) is 6.26. The Morgan fingerprint density at radius 1 is 0.881 bits per heavy atom. The Balaban J connectivity index is 1.44. The van der Waals surface area contributed by atoms with Crippen LogP contribution in [0.15, 0.2) is 54.6 Å². The van der Waals surface area contributed by atoms with Crippen molar-refractivity contribution in [1.82, 2.24) is 4.98 Å². The number of rotatable bonds is 11. The van der Waals surface area contributed by atoms with Crippen molar-refractivity contribution in [3.63, 3.8) is 0 Å². The molecule has 1 amide bonds. The number of nitrogens with zero attached hydrogens (tertiary/aromatic N) is 1. The summed E-state index contributed by atoms with van der Waals surface area (Å²) in [6.07, 6.45) is -1.56. The minimum absolute atomic E-state index is 0.131. The molecule has 0 aliphatic carbocycles. The molecule has 0 aliphatic heterocycles. The van der Waals surface area contributed by atoms with Gasteiger partial charge in [0.2, 0.25) is 5.75 Å². The number of alkyl halides is 3. The highest BCUT2D eigenvalue weighted by atomic mass is 32.1. The van der Waals surface area contributed by atoms with Crippen LogP contribution in [0.3, 0.4) is 0 Å². The van der Waals surface area contributed by atoms with Gasteiger partial charge in [0.25, 0.3) is 5.91 Å². The van der Waals surface area contributed by atoms with E-state index in [9.17, 15) is 22.8 Å². The quantitative estimate of drug-likeness (QED) is 0.158. The van der Waals surface area contributed by atoms with Crippen molar-refractivity contribution in [2.75, 3.05) is 40.4 Å². The number of amides is 1. The predicted molar refractivity (Wildman–Crippen MR) is 151 cm³/mol. The zero-order chi connectivity index (χ0) is 30.4. The monoisotopic (exact) mass is 602 g/mol. The fourth-order valence-electron chi connectivity index (χ4n) is 3.85. The number of nitrogens with one attached hydrogen (secondary N) is 1. The first kappa shape index (κ1) is 30.2. The zero-order valence-electron chi connectivity index (χ0n) is 22.8. The average Bonchev–Trinajstić information content (AvgIpc) is 3.38. The maximum absolute atomic E-state index is 13.0. The summed E-state index contributed by atoms with van der Waals surface area (Å²) in [7, 11) is 5.80. The summed E-state index contributed by atoms with van der Waals surface area (Å²) in [4.78, 5) is 29.5. The van der Waals surface area contributed by atoms with Crippen LogP contribution >= 0.6 is 11.3 Å². The maximum Gasteiger partial charge on any atom is 0.416 e. The van der Waals surface area contributed by atoms with E-state index in [0.717, 1.165) is 23.5 Å². The number of hydrogen-bond donors (Lipinski definition) is 1. The van der Waals surface area contributed by atoms with E-state index in [1.807, 2.05) is 0 Å². The van der Waals surface area contributed by atoms with Gasteiger partial charge < -0.3 is 23.7 Å². The third-order valence-electron chi connectivity index (χ3n) is 5.88. The number of ether oxygens (including phenoxy) is 5. The SMILES string of the molecule is COc1ccc(/C=C/C(=O)c2cc(OC)c(OC)c(OC)c2)cc1OCC(=O)Nc1nc2ccc(C(F)(F)F)cc2s1. The molecule has 4 aromatic rings. The Labute approximate surface area is 242 Å². The number of aromatic nitrogens is 1. The number of hydrogen-bond acceptors (Lipinski definition) is 9. The Morgan fingerprint density at radius 2 is 1.57 bits per heavy atom. The molecule has 13 heteroatoms. The number of allylic oxidation sites excluding steroid dienone is 1. The second-order valence-electron chi connectivity index (χ2n) is 8.56. The highest BCUT2D eigenvalue weighted by Gasteiger charge is 2.30. The third kappa shape index (κ3) is 6.92. The molecule has 4 rings (SSSR count). The first-order valence-corrected chi connectivity index (χ1v) is 13.0. The molecule has 1 aromatic heterocycles. The summed E-state index contributed by atoms with van der Waals surface area (Å²) in [5.41, 5.74) is 0.419. The number of anilines is 1. The van der Waals surface area contributed by atoms with E-state index < -0.39 is 24.3 Å². The van der Waals surface area contributed by atoms with Crippen LogP contribution in [0.4, 0.5) is 18.3 Å². The van der Waals surface area contributed by atoms with Crippen LogP contribution in [0.2, 0.25) is 0 Å². The van der Waals surface area contributed by atoms with Gasteiger partial charge in [-0.2, -0.15) is 13.2 Å². The van der Waals surface area contributed by atoms with Gasteiger partial charge in [-0.3, -0.25) is 14.9 Å². The fraction of sp³-hybridized carbons (Fsp3) is 0.207. The second kappa shape index (κ2) is 12.8. The normalized spacial score (nSPS) is 11.4. The van der Waals surface area contributed by atoms with Gasteiger partial charge in [-0.15, -0.1) is 0 Å². The van der Waals surface area contributed by atoms with Crippen molar-refractivity contribution in [3.05, 3.63) is 71.3 Å². The molecule has 42 heavy (non-hydrogen) atoms. The van der Waals surface area contributed by atoms with Crippen LogP contribution in [-0.4, -0.2) is 51.7 Å². The van der Waals surface area contributed by atoms with Crippen molar-refractivity contribution in [2.45, 2.75) is 6.18 Å². The maximum atomic E-state index is 13.0. The van der Waals surface area contributed by atoms with E-state index in [1.165, 1.54) is 52.7 Å². The molecule has 0 aliphatic rings. The highest BCUT2D eigenvalue weighted by molar-refractivity contribution is 7.22. The summed E-state index contributed by atoms with van der Waals surface area (Å²) in [6.45, 7) is -0.433. The first-order chi connectivity index (χ1) is 20.1. The smallest absolute Gasteiger partial charge is 0.416 e. The number of carbonyl (C=O) groups is 2. The van der Waals surface area contributed by atoms with Crippen molar-refractivity contribution in [2.24, 2.45) is 0 Å². The molecule has 0 spiro atoms. The van der Waals surface area contributed by atoms with Gasteiger partial charge in [0.1, 0.15) is 0 Å². The van der Waals surface area contributed by atoms with Gasteiger partial charge >= 0.3 is 6.18 Å². The topological polar surface area (TPSA) is 105 Å². The summed E-state index contributed by atoms with van der Waals surface area (Å²) in [5, 5.41) is 2.66. The van der Waals surface area contributed by atoms with Crippen LogP contribution in [0, 0.1) is 0 Å². The second-order valence-corrected chi connectivity index (χ2v) is 9.59. The molecule has 0 unspecified atom stereocenters. The number of benzene rings is 3. The summed E-state index contributed by atoms with van der Waals surface area (Å²) >= 11 is 0.915. The molecule has 0 atom stereocenters. The lowest BCUT2D eigenvalue weighted by atomic mass is 10.1. The number of carbonyl (C=O) groups excluding carboxylic acids is 2. The molecule has 9 nitrogen and oxygen atoms in total. The van der Waals surface area contributed by atoms with Gasteiger partial charge in [0.05, 0.1) is 44.2 Å². The molecule has 1 N–H and O–H groups in total. The van der Waals surface area contributed by atoms with E-state index in [2.05, 4.69) is 10.3 Å². The van der Waals surface area contributed by atoms with Gasteiger partial charge in [-0.05, 0) is 54.1 Å². The largest absolute Gasteiger partial charge is 0.493 e. The molecule has 0 fully saturated rings. The molecule has 0 radical (unpaired) electrons. The van der Waals surface area contributed by atoms with E-state index in [-0.39, 0.29) is 21.4 Å². The lowest BCUT2D eigenvalue weighted by Crippen LogP contribution is -2.20. The molecular formula is C29H25F3N2O7S. The minimum atomic E-state index is -4.48. The Hall–Kier alpha value is -4.78. The van der Waals surface area contributed by atoms with Crippen molar-refractivity contribution < 1.29 is 46.4 Å². The lowest BCUT2D eigenvalue weighted by Gasteiger charge is -2.13. The standard InChI is InChI=1S/C29H25F3N2O7S/c1-37-21-10-6-16(5-9-20(35)17-12-23(38-2)27(40-4)24(13-17)39-3)11-22(21)41-15-26(36)34-28-33-19-8-7-18(29(30,31)32)14-25(19)42-28/h5-14H,15H2,1-4H3,(H,33,34,36)/b9-5+. The average molecular weight is 603 g/mol. The highest BCUT2D eigenvalue weighted by Crippen LogP contribution is 2.38. The van der Waals surface area contributed by atoms with E-state index in [4.69, 9.17) is 23.7 Å². The van der Waals surface area contributed by atoms with E-state index in [0.29, 0.717) is 39.6 Å². The van der Waals surface area contributed by atoms with Crippen molar-refractivity contribution >= 4 is 44.5 Å². The van der Waals surface area contributed by atoms with Crippen molar-refractivity contribution in [3.8, 4) is 28.7 Å². The number of fused-ring (bicyclic) bond motifs is 1. The molecule has 3 aromatic carbocycles. The van der Waals surface area contributed by atoms with Crippen molar-refractivity contribution in [1.29, 1.82) is 0 Å². The molecule has 0 bridgehead atoms. The van der Waals surface area contributed by atoms with Crippen LogP contribution < -0.4 is 29.0 Å². The number of thiazole rings is 1. The summed E-state index contributed by atoms with van der Waals surface area (Å²) in [6, 6.07) is 11.1. The van der Waals surface area contributed by atoms with Crippen LogP contribution in [0.5, 0.6) is 28.7 Å². The van der Waals surface area contributed by atoms with Gasteiger partial charge in [0, 0.05) is 5.56 Å². The zero-order valence-corrected chi connectivity index (χ0v) is 23.6. The minimum Gasteiger partial charge on any atom is -0.493 e. The Morgan fingerprint density at radius 3 is 2.19 bits per heavy atom. The first-order valence-electron chi connectivity index (χ1n) is 12.2. The summed E-state index contributed by atoms with van der Waals surface area (Å²) in [5.74, 6) is 0.702. The fourth-order valence-corrected chi connectivity index (χ4v) is 4.78. The van der Waals surface area contributed by atoms with E-state index in [1.54, 1.807) is 24.3 Å². The van der Waals surface area contributed by atoms with Crippen LogP contribution in [0.1, 0.15) is 21.5 Å². The molecule has 220 valence electrons. The number of ketones is 1. The number of halogens is 3. The molecular weight excluding hydrogens is 577 g/mol. The van der Waals surface area contributed by atoms with E-state index >= 15 is 0 Å². The molecule has 0 saturated carbocycles. The molecule has 1 heterocycles. The van der Waals surface area contributed by atoms with Gasteiger partial charge in [0.15, 0.2) is 40.5 Å². The number of methoxy groups -OCH3 is 4. The summed E-state index contributed by atoms with van der Waals surface area (Å²) < 4.78 is 66.1.